The number of carbonyl (C=O) groups is 1. The van der Waals surface area contributed by atoms with E-state index in [9.17, 15) is 13.2 Å². The highest BCUT2D eigenvalue weighted by molar-refractivity contribution is 7.92. The molecule has 0 radical (unpaired) electrons. The zero-order valence-corrected chi connectivity index (χ0v) is 20.3. The van der Waals surface area contributed by atoms with Gasteiger partial charge in [-0.05, 0) is 61.2 Å². The number of nitrogens with zero attached hydrogens (tertiary/aromatic N) is 2. The number of hydrogen-bond donors (Lipinski definition) is 1. The van der Waals surface area contributed by atoms with Crippen molar-refractivity contribution in [3.05, 3.63) is 84.4 Å². The molecular weight excluding hydrogens is 462 g/mol. The smallest absolute Gasteiger partial charge is 0.267 e. The molecule has 3 aromatic carbocycles. The minimum atomic E-state index is -3.74. The first kappa shape index (κ1) is 23.2. The molecule has 1 fully saturated rings. The highest BCUT2D eigenvalue weighted by atomic mass is 32.2. The van der Waals surface area contributed by atoms with Crippen LogP contribution in [0.25, 0.3) is 0 Å². The second kappa shape index (κ2) is 10.00. The highest BCUT2D eigenvalue weighted by Gasteiger charge is 2.36. The van der Waals surface area contributed by atoms with Gasteiger partial charge in [0.25, 0.3) is 5.91 Å². The molecule has 5 rings (SSSR count). The Hall–Kier alpha value is -3.52. The Morgan fingerprint density at radius 2 is 1.57 bits per heavy atom. The van der Waals surface area contributed by atoms with E-state index in [2.05, 4.69) is 10.2 Å². The van der Waals surface area contributed by atoms with Gasteiger partial charge in [-0.1, -0.05) is 42.5 Å². The lowest BCUT2D eigenvalue weighted by Crippen LogP contribution is -2.49. The second-order valence-electron chi connectivity index (χ2n) is 8.93. The second-order valence-corrected chi connectivity index (χ2v) is 10.8. The van der Waals surface area contributed by atoms with Crippen LogP contribution >= 0.6 is 0 Å². The van der Waals surface area contributed by atoms with Crippen LogP contribution in [0.2, 0.25) is 0 Å². The lowest BCUT2D eigenvalue weighted by atomic mass is 10.1. The topological polar surface area (TPSA) is 79.0 Å². The number of hydrogen-bond acceptors (Lipinski definition) is 5. The Bertz CT molecular complexity index is 1270. The molecule has 7 nitrogen and oxygen atoms in total. The third-order valence-corrected chi connectivity index (χ3v) is 8.13. The Kier molecular flexibility index (Phi) is 6.63. The molecule has 1 saturated heterocycles. The summed E-state index contributed by atoms with van der Waals surface area (Å²) in [5.41, 5.74) is 2.92. The fraction of sp³-hybridized carbons (Fsp3) is 0.296. The van der Waals surface area contributed by atoms with Crippen LogP contribution in [0.1, 0.15) is 24.8 Å². The van der Waals surface area contributed by atoms with Crippen LogP contribution < -0.4 is 19.3 Å². The SMILES string of the molecule is O=C(Nc1ccc(N2CCCCC2)cc1)[C@H]1CN(S(=O)(=O)Cc2ccccc2)c2ccccc2O1. The van der Waals surface area contributed by atoms with Crippen molar-refractivity contribution in [1.29, 1.82) is 0 Å². The van der Waals surface area contributed by atoms with Crippen LogP contribution in [0, 0.1) is 0 Å². The summed E-state index contributed by atoms with van der Waals surface area (Å²) in [6, 6.07) is 23.7. The first-order chi connectivity index (χ1) is 17.0. The molecule has 2 aliphatic rings. The Balaban J connectivity index is 1.32. The van der Waals surface area contributed by atoms with E-state index in [4.69, 9.17) is 4.74 Å². The van der Waals surface area contributed by atoms with E-state index in [0.29, 0.717) is 22.7 Å². The number of carbonyl (C=O) groups excluding carboxylic acids is 1. The van der Waals surface area contributed by atoms with Crippen molar-refractivity contribution < 1.29 is 17.9 Å². The Labute approximate surface area is 206 Å². The van der Waals surface area contributed by atoms with Gasteiger partial charge < -0.3 is 15.0 Å². The summed E-state index contributed by atoms with van der Waals surface area (Å²) in [5.74, 6) is -0.171. The number of sulfonamides is 1. The van der Waals surface area contributed by atoms with Crippen LogP contribution in [-0.4, -0.2) is 40.1 Å². The van der Waals surface area contributed by atoms with Gasteiger partial charge in [-0.2, -0.15) is 0 Å². The van der Waals surface area contributed by atoms with Gasteiger partial charge >= 0.3 is 0 Å². The van der Waals surface area contributed by atoms with Crippen LogP contribution in [0.15, 0.2) is 78.9 Å². The van der Waals surface area contributed by atoms with Crippen molar-refractivity contribution in [3.63, 3.8) is 0 Å². The number of anilines is 3. The quantitative estimate of drug-likeness (QED) is 0.553. The zero-order valence-electron chi connectivity index (χ0n) is 19.5. The maximum atomic E-state index is 13.4. The summed E-state index contributed by atoms with van der Waals surface area (Å²) >= 11 is 0. The summed E-state index contributed by atoms with van der Waals surface area (Å²) < 4.78 is 34.0. The molecule has 2 heterocycles. The lowest BCUT2D eigenvalue weighted by molar-refractivity contribution is -0.122. The molecule has 35 heavy (non-hydrogen) atoms. The first-order valence-corrected chi connectivity index (χ1v) is 13.6. The number of nitrogens with one attached hydrogen (secondary N) is 1. The largest absolute Gasteiger partial charge is 0.476 e. The van der Waals surface area contributed by atoms with Gasteiger partial charge in [0.05, 0.1) is 18.0 Å². The highest BCUT2D eigenvalue weighted by Crippen LogP contribution is 2.36. The van der Waals surface area contributed by atoms with Crippen molar-refractivity contribution in [2.45, 2.75) is 31.1 Å². The van der Waals surface area contributed by atoms with E-state index < -0.39 is 16.1 Å². The molecule has 0 aromatic heterocycles. The van der Waals surface area contributed by atoms with E-state index in [1.165, 1.54) is 23.6 Å². The van der Waals surface area contributed by atoms with E-state index in [1.54, 1.807) is 36.4 Å². The van der Waals surface area contributed by atoms with Crippen molar-refractivity contribution in [2.75, 3.05) is 34.2 Å². The minimum absolute atomic E-state index is 0.0934. The molecular formula is C27H29N3O4S. The summed E-state index contributed by atoms with van der Waals surface area (Å²) in [5, 5.41) is 2.89. The average Bonchev–Trinajstić information content (AvgIpc) is 2.89. The van der Waals surface area contributed by atoms with Gasteiger partial charge in [-0.15, -0.1) is 0 Å². The molecule has 0 spiro atoms. The first-order valence-electron chi connectivity index (χ1n) is 12.0. The lowest BCUT2D eigenvalue weighted by Gasteiger charge is -2.34. The Morgan fingerprint density at radius 1 is 0.886 bits per heavy atom. The molecule has 1 N–H and O–H groups in total. The number of ether oxygens (including phenoxy) is 1. The van der Waals surface area contributed by atoms with Crippen LogP contribution in [0.3, 0.4) is 0 Å². The van der Waals surface area contributed by atoms with E-state index >= 15 is 0 Å². The van der Waals surface area contributed by atoms with E-state index in [1.807, 2.05) is 42.5 Å². The summed E-state index contributed by atoms with van der Waals surface area (Å²) in [6.07, 6.45) is 2.69. The van der Waals surface area contributed by atoms with Gasteiger partial charge in [0.2, 0.25) is 10.0 Å². The van der Waals surface area contributed by atoms with Crippen LogP contribution in [0.5, 0.6) is 5.75 Å². The van der Waals surface area contributed by atoms with Gasteiger partial charge in [0.15, 0.2) is 6.10 Å². The molecule has 0 unspecified atom stereocenters. The Morgan fingerprint density at radius 3 is 2.31 bits per heavy atom. The third kappa shape index (κ3) is 5.27. The summed E-state index contributed by atoms with van der Waals surface area (Å²) in [4.78, 5) is 15.5. The minimum Gasteiger partial charge on any atom is -0.476 e. The number of fused-ring (bicyclic) bond motifs is 1. The van der Waals surface area contributed by atoms with Gasteiger partial charge in [-0.25, -0.2) is 8.42 Å². The fourth-order valence-corrected chi connectivity index (χ4v) is 6.18. The van der Waals surface area contributed by atoms with Crippen LogP contribution in [0.4, 0.5) is 17.1 Å². The maximum Gasteiger partial charge on any atom is 0.267 e. The van der Waals surface area contributed by atoms with Gasteiger partial charge in [0, 0.05) is 24.5 Å². The molecule has 182 valence electrons. The molecule has 3 aromatic rings. The maximum absolute atomic E-state index is 13.4. The summed E-state index contributed by atoms with van der Waals surface area (Å²) in [7, 11) is -3.74. The number of piperidine rings is 1. The van der Waals surface area contributed by atoms with Crippen molar-refractivity contribution in [1.82, 2.24) is 0 Å². The molecule has 0 saturated carbocycles. The van der Waals surface area contributed by atoms with Crippen LogP contribution in [-0.2, 0) is 20.6 Å². The number of benzene rings is 3. The molecule has 1 amide bonds. The molecule has 0 aliphatic carbocycles. The summed E-state index contributed by atoms with van der Waals surface area (Å²) in [6.45, 7) is 2.01. The van der Waals surface area contributed by atoms with E-state index in [0.717, 1.165) is 18.8 Å². The molecule has 1 atom stereocenters. The van der Waals surface area contributed by atoms with E-state index in [-0.39, 0.29) is 18.2 Å². The standard InChI is InChI=1S/C27H29N3O4S/c31-27(28-22-13-15-23(16-14-22)29-17-7-2-8-18-29)26-19-30(24-11-5-6-12-25(24)34-26)35(32,33)20-21-9-3-1-4-10-21/h1,3-6,9-16,26H,2,7-8,17-20H2,(H,28,31)/t26-/m1/s1. The molecule has 8 heteroatoms. The van der Waals surface area contributed by atoms with Gasteiger partial charge in [0.1, 0.15) is 5.75 Å². The van der Waals surface area contributed by atoms with Crippen molar-refractivity contribution in [3.8, 4) is 5.75 Å². The number of rotatable bonds is 6. The third-order valence-electron chi connectivity index (χ3n) is 6.41. The zero-order chi connectivity index (χ0) is 24.3. The molecule has 2 aliphatic heterocycles. The van der Waals surface area contributed by atoms with Crippen molar-refractivity contribution in [2.24, 2.45) is 0 Å². The fourth-order valence-electron chi connectivity index (χ4n) is 4.60. The number of para-hydroxylation sites is 2. The number of amides is 1. The normalized spacial score (nSPS) is 17.9. The predicted octanol–water partition coefficient (Wildman–Crippen LogP) is 4.41. The predicted molar refractivity (Wildman–Crippen MR) is 138 cm³/mol. The molecule has 0 bridgehead atoms. The monoisotopic (exact) mass is 491 g/mol. The van der Waals surface area contributed by atoms with Crippen molar-refractivity contribution >= 4 is 33.0 Å². The van der Waals surface area contributed by atoms with Gasteiger partial charge in [-0.3, -0.25) is 9.10 Å². The average molecular weight is 492 g/mol.